The average molecular weight is 385 g/mol. The van der Waals surface area contributed by atoms with E-state index in [9.17, 15) is 19.7 Å². The Bertz CT molecular complexity index is 1170. The molecule has 0 spiro atoms. The fourth-order valence-electron chi connectivity index (χ4n) is 2.74. The number of aromatic nitrogens is 4. The summed E-state index contributed by atoms with van der Waals surface area (Å²) in [5.74, 6) is 0.303. The van der Waals surface area contributed by atoms with Gasteiger partial charge < -0.3 is 4.57 Å². The normalized spacial score (nSPS) is 11.4. The number of nitro benzene ring substituents is 1. The Labute approximate surface area is 158 Å². The third-order valence-corrected chi connectivity index (χ3v) is 4.20. The van der Waals surface area contributed by atoms with E-state index in [1.807, 2.05) is 6.92 Å². The number of rotatable bonds is 7. The molecule has 2 aromatic heterocycles. The van der Waals surface area contributed by atoms with Crippen LogP contribution in [0.5, 0.6) is 0 Å². The molecule has 0 aliphatic heterocycles. The predicted molar refractivity (Wildman–Crippen MR) is 105 cm³/mol. The molecule has 0 saturated heterocycles. The van der Waals surface area contributed by atoms with Gasteiger partial charge in [-0.25, -0.2) is 10.2 Å². The van der Waals surface area contributed by atoms with E-state index in [4.69, 9.17) is 0 Å². The molecule has 0 bridgehead atoms. The van der Waals surface area contributed by atoms with Gasteiger partial charge in [-0.2, -0.15) is 10.1 Å². The molecule has 3 rings (SSSR count). The van der Waals surface area contributed by atoms with Crippen LogP contribution in [0, 0.1) is 10.1 Å². The number of benzene rings is 1. The SMILES string of the molecule is CCCCn1c(NN=Cc2cccc([N+](=O)[O-])c2)nc2c1c(=O)[nH]c(=O)n2C. The van der Waals surface area contributed by atoms with Crippen LogP contribution in [0.3, 0.4) is 0 Å². The molecule has 2 N–H and O–H groups in total. The van der Waals surface area contributed by atoms with E-state index in [1.54, 1.807) is 16.7 Å². The number of hydrogen-bond donors (Lipinski definition) is 2. The lowest BCUT2D eigenvalue weighted by Crippen LogP contribution is -2.29. The summed E-state index contributed by atoms with van der Waals surface area (Å²) in [6.45, 7) is 2.54. The van der Waals surface area contributed by atoms with Gasteiger partial charge in [0.1, 0.15) is 0 Å². The molecule has 1 aromatic carbocycles. The van der Waals surface area contributed by atoms with E-state index in [-0.39, 0.29) is 16.9 Å². The number of non-ortho nitro benzene ring substituents is 1. The molecular formula is C17H19N7O4. The molecule has 0 fully saturated rings. The van der Waals surface area contributed by atoms with E-state index in [1.165, 1.54) is 30.0 Å². The number of fused-ring (bicyclic) bond motifs is 1. The van der Waals surface area contributed by atoms with E-state index in [0.29, 0.717) is 18.1 Å². The molecule has 0 unspecified atom stereocenters. The van der Waals surface area contributed by atoms with Gasteiger partial charge in [0.25, 0.3) is 11.2 Å². The van der Waals surface area contributed by atoms with Crippen molar-refractivity contribution in [3.8, 4) is 0 Å². The smallest absolute Gasteiger partial charge is 0.303 e. The zero-order chi connectivity index (χ0) is 20.3. The molecule has 0 aliphatic rings. The quantitative estimate of drug-likeness (QED) is 0.359. The largest absolute Gasteiger partial charge is 0.329 e. The maximum absolute atomic E-state index is 12.3. The molecule has 0 aliphatic carbocycles. The van der Waals surface area contributed by atoms with Gasteiger partial charge in [-0.3, -0.25) is 24.5 Å². The minimum atomic E-state index is -0.552. The third kappa shape index (κ3) is 3.68. The monoisotopic (exact) mass is 385 g/mol. The molecule has 3 aromatic rings. The molecular weight excluding hydrogens is 366 g/mol. The van der Waals surface area contributed by atoms with Gasteiger partial charge in [0.15, 0.2) is 11.2 Å². The van der Waals surface area contributed by atoms with Crippen LogP contribution < -0.4 is 16.7 Å². The van der Waals surface area contributed by atoms with Gasteiger partial charge in [0, 0.05) is 31.3 Å². The summed E-state index contributed by atoms with van der Waals surface area (Å²) in [4.78, 5) is 41.1. The van der Waals surface area contributed by atoms with Crippen LogP contribution in [0.1, 0.15) is 25.3 Å². The number of unbranched alkanes of at least 4 members (excludes halogenated alkanes) is 1. The summed E-state index contributed by atoms with van der Waals surface area (Å²) in [5.41, 5.74) is 2.72. The summed E-state index contributed by atoms with van der Waals surface area (Å²) in [6.07, 6.45) is 3.12. The van der Waals surface area contributed by atoms with Crippen LogP contribution in [0.25, 0.3) is 11.2 Å². The summed E-state index contributed by atoms with van der Waals surface area (Å²) >= 11 is 0. The van der Waals surface area contributed by atoms with E-state index in [0.717, 1.165) is 12.8 Å². The lowest BCUT2D eigenvalue weighted by atomic mass is 10.2. The lowest BCUT2D eigenvalue weighted by molar-refractivity contribution is -0.384. The first-order valence-corrected chi connectivity index (χ1v) is 8.65. The Morgan fingerprint density at radius 2 is 2.18 bits per heavy atom. The summed E-state index contributed by atoms with van der Waals surface area (Å²) in [7, 11) is 1.52. The van der Waals surface area contributed by atoms with Crippen LogP contribution in [0.2, 0.25) is 0 Å². The zero-order valence-electron chi connectivity index (χ0n) is 15.4. The topological polar surface area (TPSA) is 140 Å². The Kier molecular flexibility index (Phi) is 5.34. The molecule has 146 valence electrons. The molecule has 0 saturated carbocycles. The Balaban J connectivity index is 1.98. The molecule has 2 heterocycles. The predicted octanol–water partition coefficient (Wildman–Crippen LogP) is 1.58. The first-order valence-electron chi connectivity index (χ1n) is 8.65. The van der Waals surface area contributed by atoms with Crippen LogP contribution in [-0.4, -0.2) is 30.2 Å². The minimum absolute atomic E-state index is 0.0410. The lowest BCUT2D eigenvalue weighted by Gasteiger charge is -2.06. The fraction of sp³-hybridized carbons (Fsp3) is 0.294. The average Bonchev–Trinajstić information content (AvgIpc) is 3.04. The molecule has 0 radical (unpaired) electrons. The summed E-state index contributed by atoms with van der Waals surface area (Å²) in [5, 5.41) is 14.9. The second kappa shape index (κ2) is 7.86. The number of nitro groups is 1. The second-order valence-electron chi connectivity index (χ2n) is 6.15. The first-order chi connectivity index (χ1) is 13.4. The fourth-order valence-corrected chi connectivity index (χ4v) is 2.74. The highest BCUT2D eigenvalue weighted by atomic mass is 16.6. The third-order valence-electron chi connectivity index (χ3n) is 4.20. The maximum Gasteiger partial charge on any atom is 0.329 e. The number of anilines is 1. The first kappa shape index (κ1) is 19.0. The second-order valence-corrected chi connectivity index (χ2v) is 6.15. The number of H-pyrrole nitrogens is 1. The molecule has 0 atom stereocenters. The number of aromatic amines is 1. The van der Waals surface area contributed by atoms with Crippen LogP contribution >= 0.6 is 0 Å². The van der Waals surface area contributed by atoms with Crippen molar-refractivity contribution in [2.24, 2.45) is 12.1 Å². The van der Waals surface area contributed by atoms with Crippen molar-refractivity contribution in [2.75, 3.05) is 5.43 Å². The highest BCUT2D eigenvalue weighted by Crippen LogP contribution is 2.17. The maximum atomic E-state index is 12.3. The number of nitrogens with zero attached hydrogens (tertiary/aromatic N) is 5. The minimum Gasteiger partial charge on any atom is -0.303 e. The van der Waals surface area contributed by atoms with Gasteiger partial charge in [-0.15, -0.1) is 0 Å². The number of hydrogen-bond acceptors (Lipinski definition) is 7. The highest BCUT2D eigenvalue weighted by Gasteiger charge is 2.16. The van der Waals surface area contributed by atoms with Crippen molar-refractivity contribution in [3.05, 3.63) is 60.8 Å². The van der Waals surface area contributed by atoms with Crippen LogP contribution in [-0.2, 0) is 13.6 Å². The highest BCUT2D eigenvalue weighted by molar-refractivity contribution is 5.81. The van der Waals surface area contributed by atoms with E-state index >= 15 is 0 Å². The molecule has 28 heavy (non-hydrogen) atoms. The van der Waals surface area contributed by atoms with Crippen molar-refractivity contribution in [2.45, 2.75) is 26.3 Å². The number of nitrogens with one attached hydrogen (secondary N) is 2. The summed E-state index contributed by atoms with van der Waals surface area (Å²) in [6, 6.07) is 6.01. The number of imidazole rings is 1. The number of hydrazone groups is 1. The Hall–Kier alpha value is -3.76. The van der Waals surface area contributed by atoms with Gasteiger partial charge >= 0.3 is 5.69 Å². The van der Waals surface area contributed by atoms with Crippen molar-refractivity contribution in [1.29, 1.82) is 0 Å². The Morgan fingerprint density at radius 1 is 1.39 bits per heavy atom. The summed E-state index contributed by atoms with van der Waals surface area (Å²) < 4.78 is 2.93. The van der Waals surface area contributed by atoms with Crippen molar-refractivity contribution < 1.29 is 4.92 Å². The van der Waals surface area contributed by atoms with Crippen molar-refractivity contribution in [3.63, 3.8) is 0 Å². The van der Waals surface area contributed by atoms with Crippen LogP contribution in [0.4, 0.5) is 11.6 Å². The molecule has 11 nitrogen and oxygen atoms in total. The van der Waals surface area contributed by atoms with Gasteiger partial charge in [-0.1, -0.05) is 25.5 Å². The van der Waals surface area contributed by atoms with Crippen molar-refractivity contribution >= 4 is 29.0 Å². The van der Waals surface area contributed by atoms with E-state index in [2.05, 4.69) is 20.5 Å². The number of aryl methyl sites for hydroxylation is 2. The van der Waals surface area contributed by atoms with Gasteiger partial charge in [0.05, 0.1) is 11.1 Å². The molecule has 0 amide bonds. The van der Waals surface area contributed by atoms with Gasteiger partial charge in [0.2, 0.25) is 5.95 Å². The van der Waals surface area contributed by atoms with Gasteiger partial charge in [-0.05, 0) is 6.42 Å². The van der Waals surface area contributed by atoms with Crippen LogP contribution in [0.15, 0.2) is 39.0 Å². The van der Waals surface area contributed by atoms with Crippen molar-refractivity contribution in [1.82, 2.24) is 19.1 Å². The zero-order valence-corrected chi connectivity index (χ0v) is 15.4. The Morgan fingerprint density at radius 3 is 2.89 bits per heavy atom. The molecule has 11 heteroatoms. The standard InChI is InChI=1S/C17H19N7O4/c1-3-4-8-23-13-14(22(2)17(26)20-15(13)25)19-16(23)21-18-10-11-6-5-7-12(9-11)24(27)28/h5-7,9-10H,3-4,8H2,1-2H3,(H,19,21)(H,20,25,26). The van der Waals surface area contributed by atoms with E-state index < -0.39 is 16.2 Å².